The highest BCUT2D eigenvalue weighted by atomic mass is 16.5. The van der Waals surface area contributed by atoms with E-state index in [-0.39, 0.29) is 23.5 Å². The summed E-state index contributed by atoms with van der Waals surface area (Å²) < 4.78 is 9.86. The second kappa shape index (κ2) is 7.00. The SMILES string of the molecule is CCCNC(=O)N(Cc1cc(=O)c(OC)co1)[N+]#N. The molecule has 0 aliphatic carbocycles. The summed E-state index contributed by atoms with van der Waals surface area (Å²) in [6.07, 6.45) is 1.89. The monoisotopic (exact) mass is 267 g/mol. The first kappa shape index (κ1) is 14.5. The van der Waals surface area contributed by atoms with E-state index in [1.807, 2.05) is 6.92 Å². The number of hydrogen-bond acceptors (Lipinski definition) is 5. The van der Waals surface area contributed by atoms with Gasteiger partial charge in [0.25, 0.3) is 5.39 Å². The Bertz CT molecular complexity index is 534. The summed E-state index contributed by atoms with van der Waals surface area (Å²) in [7, 11) is 1.35. The average Bonchev–Trinajstić information content (AvgIpc) is 2.42. The first-order valence-corrected chi connectivity index (χ1v) is 5.68. The van der Waals surface area contributed by atoms with Gasteiger partial charge >= 0.3 is 11.1 Å². The molecule has 0 bridgehead atoms. The Labute approximate surface area is 109 Å². The molecule has 0 atom stereocenters. The molecule has 8 heteroatoms. The summed E-state index contributed by atoms with van der Waals surface area (Å²) >= 11 is 0. The summed E-state index contributed by atoms with van der Waals surface area (Å²) in [6, 6.07) is 0.590. The van der Waals surface area contributed by atoms with Crippen LogP contribution in [0.25, 0.3) is 5.08 Å². The highest BCUT2D eigenvalue weighted by molar-refractivity contribution is 5.74. The predicted molar refractivity (Wildman–Crippen MR) is 65.8 cm³/mol. The lowest BCUT2D eigenvalue weighted by molar-refractivity contribution is 0.207. The maximum atomic E-state index is 11.6. The molecule has 0 aliphatic heterocycles. The molecule has 1 aromatic rings. The van der Waals surface area contributed by atoms with Crippen molar-refractivity contribution in [2.45, 2.75) is 19.9 Å². The fourth-order valence-electron chi connectivity index (χ4n) is 1.29. The Morgan fingerprint density at radius 1 is 1.63 bits per heavy atom. The standard InChI is InChI=1S/C11H14N4O4/c1-3-4-13-11(17)15(14-12)6-8-5-9(16)10(18-2)7-19-8/h5,7H,3-4,6H2,1-2H3/p+1. The van der Waals surface area contributed by atoms with Crippen molar-refractivity contribution in [2.24, 2.45) is 0 Å². The Morgan fingerprint density at radius 3 is 2.89 bits per heavy atom. The summed E-state index contributed by atoms with van der Waals surface area (Å²) in [5.41, 5.74) is -0.379. The molecular formula is C11H15N4O4+. The van der Waals surface area contributed by atoms with Gasteiger partial charge in [-0.3, -0.25) is 4.79 Å². The van der Waals surface area contributed by atoms with E-state index in [1.165, 1.54) is 13.2 Å². The number of urea groups is 1. The zero-order valence-corrected chi connectivity index (χ0v) is 10.8. The number of ether oxygens (including phenoxy) is 1. The van der Waals surface area contributed by atoms with E-state index < -0.39 is 6.03 Å². The number of nitrogens with zero attached hydrogens (tertiary/aromatic N) is 3. The van der Waals surface area contributed by atoms with Gasteiger partial charge in [-0.25, -0.2) is 4.79 Å². The molecular weight excluding hydrogens is 252 g/mol. The smallest absolute Gasteiger partial charge is 0.391 e. The third kappa shape index (κ3) is 3.99. The van der Waals surface area contributed by atoms with Gasteiger partial charge in [-0.15, -0.1) is 0 Å². The number of rotatable bonds is 5. The van der Waals surface area contributed by atoms with Gasteiger partial charge in [-0.2, -0.15) is 0 Å². The van der Waals surface area contributed by atoms with Crippen LogP contribution in [0.15, 0.2) is 21.5 Å². The largest absolute Gasteiger partial charge is 0.490 e. The van der Waals surface area contributed by atoms with Gasteiger partial charge in [0.2, 0.25) is 11.2 Å². The van der Waals surface area contributed by atoms with Crippen LogP contribution in [0.1, 0.15) is 19.1 Å². The molecule has 1 heterocycles. The zero-order valence-electron chi connectivity index (χ0n) is 10.8. The van der Waals surface area contributed by atoms with Crippen LogP contribution in [0.3, 0.4) is 0 Å². The van der Waals surface area contributed by atoms with Gasteiger partial charge < -0.3 is 14.5 Å². The molecule has 2 amide bonds. The van der Waals surface area contributed by atoms with Crippen molar-refractivity contribution in [1.29, 1.82) is 5.39 Å². The van der Waals surface area contributed by atoms with E-state index in [1.54, 1.807) is 0 Å². The highest BCUT2D eigenvalue weighted by Crippen LogP contribution is 2.08. The van der Waals surface area contributed by atoms with Gasteiger partial charge in [0.1, 0.15) is 12.0 Å². The quantitative estimate of drug-likeness (QED) is 0.641. The average molecular weight is 267 g/mol. The number of carbonyl (C=O) groups excluding carboxylic acids is 1. The molecule has 1 aromatic heterocycles. The molecule has 0 aliphatic rings. The normalized spacial score (nSPS) is 9.53. The second-order valence-electron chi connectivity index (χ2n) is 3.66. The number of carbonyl (C=O) groups is 1. The van der Waals surface area contributed by atoms with Crippen LogP contribution >= 0.6 is 0 Å². The lowest BCUT2D eigenvalue weighted by atomic mass is 10.3. The van der Waals surface area contributed by atoms with Crippen LogP contribution < -0.4 is 15.5 Å². The van der Waals surface area contributed by atoms with Gasteiger partial charge in [0.05, 0.1) is 12.1 Å². The molecule has 102 valence electrons. The Hall–Kier alpha value is -2.56. The third-order valence-electron chi connectivity index (χ3n) is 2.25. The van der Waals surface area contributed by atoms with Gasteiger partial charge in [-0.05, 0) is 6.42 Å². The summed E-state index contributed by atoms with van der Waals surface area (Å²) in [5.74, 6) is 0.238. The topological polar surface area (TPSA) is 99.9 Å². The Balaban J connectivity index is 2.76. The van der Waals surface area contributed by atoms with Gasteiger partial charge in [-0.1, -0.05) is 6.92 Å². The first-order valence-electron chi connectivity index (χ1n) is 5.68. The number of nitrogens with one attached hydrogen (secondary N) is 1. The van der Waals surface area contributed by atoms with Crippen LogP contribution in [0.5, 0.6) is 5.75 Å². The number of amides is 2. The van der Waals surface area contributed by atoms with Crippen LogP contribution in [0.4, 0.5) is 4.79 Å². The molecule has 0 aromatic carbocycles. The highest BCUT2D eigenvalue weighted by Gasteiger charge is 2.25. The van der Waals surface area contributed by atoms with Crippen LogP contribution in [-0.2, 0) is 6.54 Å². The van der Waals surface area contributed by atoms with Gasteiger partial charge in [0.15, 0.2) is 6.54 Å². The number of hydrogen-bond donors (Lipinski definition) is 1. The third-order valence-corrected chi connectivity index (χ3v) is 2.25. The molecule has 0 spiro atoms. The van der Waals surface area contributed by atoms with E-state index in [2.05, 4.69) is 10.4 Å². The Kier molecular flexibility index (Phi) is 5.35. The first-order chi connectivity index (χ1) is 9.12. The molecule has 19 heavy (non-hydrogen) atoms. The minimum atomic E-state index is -0.581. The van der Waals surface area contributed by atoms with E-state index in [0.717, 1.165) is 17.7 Å². The maximum absolute atomic E-state index is 11.6. The molecule has 0 saturated heterocycles. The van der Waals surface area contributed by atoms with Crippen molar-refractivity contribution in [1.82, 2.24) is 10.3 Å². The fourth-order valence-corrected chi connectivity index (χ4v) is 1.29. The van der Waals surface area contributed by atoms with Gasteiger partial charge in [0, 0.05) is 12.6 Å². The minimum Gasteiger partial charge on any atom is -0.490 e. The van der Waals surface area contributed by atoms with Crippen molar-refractivity contribution in [3.05, 3.63) is 33.4 Å². The lowest BCUT2D eigenvalue weighted by Crippen LogP contribution is -2.35. The summed E-state index contributed by atoms with van der Waals surface area (Å²) in [4.78, 5) is 23.0. The second-order valence-corrected chi connectivity index (χ2v) is 3.66. The summed E-state index contributed by atoms with van der Waals surface area (Å²) in [5, 5.41) is 14.9. The Morgan fingerprint density at radius 2 is 2.37 bits per heavy atom. The van der Waals surface area contributed by atoms with E-state index >= 15 is 0 Å². The molecule has 8 nitrogen and oxygen atoms in total. The maximum Gasteiger partial charge on any atom is 0.391 e. The van der Waals surface area contributed by atoms with Crippen LogP contribution in [-0.4, -0.2) is 24.7 Å². The van der Waals surface area contributed by atoms with Crippen LogP contribution in [0, 0.1) is 5.39 Å². The van der Waals surface area contributed by atoms with Crippen molar-refractivity contribution < 1.29 is 13.9 Å². The number of diazo groups is 1. The lowest BCUT2D eigenvalue weighted by Gasteiger charge is -2.04. The van der Waals surface area contributed by atoms with Crippen molar-refractivity contribution >= 4 is 6.03 Å². The molecule has 0 unspecified atom stereocenters. The molecule has 0 fully saturated rings. The van der Waals surface area contributed by atoms with Crippen molar-refractivity contribution in [3.8, 4) is 5.75 Å². The van der Waals surface area contributed by atoms with Crippen molar-refractivity contribution in [3.63, 3.8) is 0 Å². The van der Waals surface area contributed by atoms with Crippen molar-refractivity contribution in [2.75, 3.05) is 13.7 Å². The summed E-state index contributed by atoms with van der Waals surface area (Å²) in [6.45, 7) is 2.19. The molecule has 1 N–H and O–H groups in total. The minimum absolute atomic E-state index is 0.0617. The number of methoxy groups -OCH3 is 1. The fraction of sp³-hybridized carbons (Fsp3) is 0.455. The van der Waals surface area contributed by atoms with E-state index in [4.69, 9.17) is 14.5 Å². The van der Waals surface area contributed by atoms with E-state index in [9.17, 15) is 9.59 Å². The predicted octanol–water partition coefficient (Wildman–Crippen LogP) is 1.34. The molecule has 0 saturated carbocycles. The molecule has 0 radical (unpaired) electrons. The van der Waals surface area contributed by atoms with Crippen LogP contribution in [0.2, 0.25) is 0 Å². The van der Waals surface area contributed by atoms with E-state index in [0.29, 0.717) is 6.54 Å². The zero-order chi connectivity index (χ0) is 14.3. The molecule has 1 rings (SSSR count).